The fraction of sp³-hybridized carbons (Fsp3) is 0.304. The van der Waals surface area contributed by atoms with E-state index >= 15 is 0 Å². The Bertz CT molecular complexity index is 1010. The van der Waals surface area contributed by atoms with Gasteiger partial charge in [0, 0.05) is 24.0 Å². The van der Waals surface area contributed by atoms with Gasteiger partial charge in [-0.25, -0.2) is 4.98 Å². The Morgan fingerprint density at radius 2 is 2.04 bits per heavy atom. The van der Waals surface area contributed by atoms with Gasteiger partial charge in [0.15, 0.2) is 0 Å². The highest BCUT2D eigenvalue weighted by Crippen LogP contribution is 2.35. The number of nitrogens with zero attached hydrogens (tertiary/aromatic N) is 1. The van der Waals surface area contributed by atoms with Crippen molar-refractivity contribution in [3.05, 3.63) is 59.4 Å². The molecule has 1 saturated carbocycles. The first-order valence-corrected chi connectivity index (χ1v) is 9.61. The molecule has 1 fully saturated rings. The highest BCUT2D eigenvalue weighted by Gasteiger charge is 2.30. The van der Waals surface area contributed by atoms with Crippen molar-refractivity contribution in [3.8, 4) is 11.4 Å². The van der Waals surface area contributed by atoms with Gasteiger partial charge in [-0.05, 0) is 56.0 Å². The maximum absolute atomic E-state index is 12.5. The van der Waals surface area contributed by atoms with Gasteiger partial charge in [0.25, 0.3) is 0 Å². The third-order valence-corrected chi connectivity index (χ3v) is 5.16. The lowest BCUT2D eigenvalue weighted by atomic mass is 10.0. The molecule has 1 aliphatic carbocycles. The van der Waals surface area contributed by atoms with E-state index in [9.17, 15) is 4.79 Å². The lowest BCUT2D eigenvalue weighted by molar-refractivity contribution is -0.118. The molecule has 3 rings (SSSR count). The van der Waals surface area contributed by atoms with Crippen LogP contribution in [0.3, 0.4) is 0 Å². The monoisotopic (exact) mass is 376 g/mol. The molecule has 0 bridgehead atoms. The van der Waals surface area contributed by atoms with Crippen molar-refractivity contribution < 1.29 is 4.79 Å². The van der Waals surface area contributed by atoms with E-state index in [1.807, 2.05) is 50.4 Å². The van der Waals surface area contributed by atoms with Crippen molar-refractivity contribution in [3.63, 3.8) is 0 Å². The molecule has 0 radical (unpaired) electrons. The van der Waals surface area contributed by atoms with Crippen LogP contribution in [0.25, 0.3) is 23.5 Å². The van der Waals surface area contributed by atoms with Crippen LogP contribution in [0.2, 0.25) is 0 Å². The first-order valence-electron chi connectivity index (χ1n) is 9.61. The molecular weight excluding hydrogens is 348 g/mol. The normalized spacial score (nSPS) is 20.5. The Hall–Kier alpha value is -3.08. The summed E-state index contributed by atoms with van der Waals surface area (Å²) in [7, 11) is 1.83. The van der Waals surface area contributed by atoms with Gasteiger partial charge in [-0.1, -0.05) is 31.7 Å². The average molecular weight is 377 g/mol. The summed E-state index contributed by atoms with van der Waals surface area (Å²) in [5, 5.41) is 7.80. The molecule has 1 amide bonds. The first-order chi connectivity index (χ1) is 13.4. The number of H-pyrrole nitrogens is 1. The van der Waals surface area contributed by atoms with Crippen molar-refractivity contribution in [1.29, 1.82) is 0 Å². The lowest BCUT2D eigenvalue weighted by Crippen LogP contribution is -2.25. The molecule has 1 aromatic heterocycles. The van der Waals surface area contributed by atoms with Crippen molar-refractivity contribution in [2.24, 2.45) is 11.8 Å². The van der Waals surface area contributed by atoms with E-state index in [2.05, 4.69) is 40.7 Å². The molecule has 146 valence electrons. The molecule has 2 aromatic rings. The number of imidazole rings is 1. The molecule has 2 atom stereocenters. The molecule has 0 aliphatic heterocycles. The van der Waals surface area contributed by atoms with Crippen LogP contribution in [0.4, 0.5) is 5.69 Å². The van der Waals surface area contributed by atoms with Gasteiger partial charge in [-0.2, -0.15) is 0 Å². The Balaban J connectivity index is 1.78. The van der Waals surface area contributed by atoms with Crippen molar-refractivity contribution in [1.82, 2.24) is 15.3 Å². The van der Waals surface area contributed by atoms with Crippen LogP contribution in [-0.4, -0.2) is 22.9 Å². The largest absolute Gasteiger partial charge is 0.389 e. The second kappa shape index (κ2) is 8.30. The molecule has 3 N–H and O–H groups in total. The molecule has 1 aromatic carbocycles. The molecule has 5 nitrogen and oxygen atoms in total. The summed E-state index contributed by atoms with van der Waals surface area (Å²) < 4.78 is 0. The quantitative estimate of drug-likeness (QED) is 0.703. The maximum atomic E-state index is 12.5. The summed E-state index contributed by atoms with van der Waals surface area (Å²) in [6, 6.07) is 7.72. The number of carbonyl (C=O) groups is 1. The molecule has 1 aliphatic rings. The van der Waals surface area contributed by atoms with E-state index < -0.39 is 0 Å². The zero-order chi connectivity index (χ0) is 20.3. The average Bonchev–Trinajstić information content (AvgIpc) is 3.24. The van der Waals surface area contributed by atoms with Gasteiger partial charge in [-0.3, -0.25) is 4.79 Å². The third-order valence-electron chi connectivity index (χ3n) is 5.16. The minimum absolute atomic E-state index is 0.0328. The Labute approximate surface area is 166 Å². The number of aromatic nitrogens is 2. The van der Waals surface area contributed by atoms with Crippen LogP contribution in [0.15, 0.2) is 48.7 Å². The highest BCUT2D eigenvalue weighted by atomic mass is 16.1. The summed E-state index contributed by atoms with van der Waals surface area (Å²) >= 11 is 0. The maximum Gasteiger partial charge on any atom is 0.231 e. The van der Waals surface area contributed by atoms with Gasteiger partial charge < -0.3 is 15.6 Å². The predicted octanol–water partition coefficient (Wildman–Crippen LogP) is 2.93. The van der Waals surface area contributed by atoms with E-state index in [1.54, 1.807) is 0 Å². The molecule has 2 unspecified atom stereocenters. The highest BCUT2D eigenvalue weighted by molar-refractivity contribution is 5.94. The number of nitrogens with one attached hydrogen (secondary N) is 3. The second-order valence-electron chi connectivity index (χ2n) is 7.42. The number of hydrogen-bond donors (Lipinski definition) is 3. The number of carbonyl (C=O) groups excluding carboxylic acids is 1. The van der Waals surface area contributed by atoms with Gasteiger partial charge >= 0.3 is 0 Å². The van der Waals surface area contributed by atoms with Gasteiger partial charge in [-0.15, -0.1) is 0 Å². The molecule has 1 heterocycles. The zero-order valence-corrected chi connectivity index (χ0v) is 16.8. The van der Waals surface area contributed by atoms with Crippen molar-refractivity contribution >= 4 is 23.7 Å². The van der Waals surface area contributed by atoms with Crippen LogP contribution >= 0.6 is 0 Å². The van der Waals surface area contributed by atoms with Crippen LogP contribution in [-0.2, 0) is 4.79 Å². The van der Waals surface area contributed by atoms with Crippen LogP contribution in [0.1, 0.15) is 26.7 Å². The van der Waals surface area contributed by atoms with Gasteiger partial charge in [0.05, 0.1) is 16.6 Å². The molecule has 5 heteroatoms. The Kier molecular flexibility index (Phi) is 5.83. The van der Waals surface area contributed by atoms with E-state index in [-0.39, 0.29) is 11.8 Å². The topological polar surface area (TPSA) is 69.8 Å². The molecule has 0 spiro atoms. The summed E-state index contributed by atoms with van der Waals surface area (Å²) in [6.45, 7) is 12.1. The summed E-state index contributed by atoms with van der Waals surface area (Å²) in [4.78, 5) is 20.5. The van der Waals surface area contributed by atoms with E-state index in [0.29, 0.717) is 5.92 Å². The Morgan fingerprint density at radius 3 is 2.61 bits per heavy atom. The minimum atomic E-state index is -0.0826. The molecule has 0 saturated heterocycles. The standard InChI is InChI=1S/C23H28N4O/c1-6-20-21(13-16(4)24-5)27-22(26-20)17-7-9-18(10-8-17)25-23(28)19-12-14(2)11-15(19)3/h6-10,13-14,19,24H,3-4,11-12H2,1-2,5H3,(H,25,28)(H,26,27)/b20-6+,21-13+. The minimum Gasteiger partial charge on any atom is -0.389 e. The number of amides is 1. The number of hydrogen-bond acceptors (Lipinski definition) is 3. The van der Waals surface area contributed by atoms with Crippen LogP contribution in [0, 0.1) is 11.8 Å². The van der Waals surface area contributed by atoms with Crippen LogP contribution in [0.5, 0.6) is 0 Å². The van der Waals surface area contributed by atoms with Crippen LogP contribution < -0.4 is 21.3 Å². The summed E-state index contributed by atoms with van der Waals surface area (Å²) in [5.41, 5.74) is 3.58. The molecular formula is C23H28N4O. The zero-order valence-electron chi connectivity index (χ0n) is 16.8. The van der Waals surface area contributed by atoms with Gasteiger partial charge in [0.1, 0.15) is 5.82 Å². The predicted molar refractivity (Wildman–Crippen MR) is 116 cm³/mol. The fourth-order valence-corrected chi connectivity index (χ4v) is 3.59. The Morgan fingerprint density at radius 1 is 1.32 bits per heavy atom. The smallest absolute Gasteiger partial charge is 0.231 e. The summed E-state index contributed by atoms with van der Waals surface area (Å²) in [6.07, 6.45) is 5.70. The SMILES string of the molecule is C=C(/C=c1/[nH]c(-c2ccc(NC(=O)C3CC(C)CC3=C)cc2)n/c1=C/C)NC. The second-order valence-corrected chi connectivity index (χ2v) is 7.42. The molecule has 28 heavy (non-hydrogen) atoms. The number of benzene rings is 1. The van der Waals surface area contributed by atoms with Crippen molar-refractivity contribution in [2.45, 2.75) is 26.7 Å². The van der Waals surface area contributed by atoms with E-state index in [1.165, 1.54) is 0 Å². The van der Waals surface area contributed by atoms with Gasteiger partial charge in [0.2, 0.25) is 5.91 Å². The lowest BCUT2D eigenvalue weighted by Gasteiger charge is -2.12. The number of anilines is 1. The fourth-order valence-electron chi connectivity index (χ4n) is 3.59. The number of allylic oxidation sites excluding steroid dienone is 1. The van der Waals surface area contributed by atoms with E-state index in [4.69, 9.17) is 0 Å². The number of aromatic amines is 1. The van der Waals surface area contributed by atoms with E-state index in [0.717, 1.165) is 51.9 Å². The summed E-state index contributed by atoms with van der Waals surface area (Å²) in [5.74, 6) is 1.25. The third kappa shape index (κ3) is 4.25. The first kappa shape index (κ1) is 19.7. The van der Waals surface area contributed by atoms with Crippen molar-refractivity contribution in [2.75, 3.05) is 12.4 Å². The number of rotatable bonds is 5.